The predicted molar refractivity (Wildman–Crippen MR) is 120 cm³/mol. The average molecular weight is 461 g/mol. The quantitative estimate of drug-likeness (QED) is 0.723. The second-order valence-electron chi connectivity index (χ2n) is 9.81. The van der Waals surface area contributed by atoms with Gasteiger partial charge in [-0.25, -0.2) is 14.0 Å². The van der Waals surface area contributed by atoms with Crippen molar-refractivity contribution in [1.82, 2.24) is 9.88 Å². The highest BCUT2D eigenvalue weighted by Crippen LogP contribution is 2.43. The number of alkyl carbamates (subject to hydrolysis) is 1. The lowest BCUT2D eigenvalue weighted by Gasteiger charge is -2.31. The Labute approximate surface area is 190 Å². The minimum absolute atomic E-state index is 0.00101. The Morgan fingerprint density at radius 2 is 1.97 bits per heavy atom. The van der Waals surface area contributed by atoms with E-state index in [1.54, 1.807) is 30.2 Å². The molecule has 0 spiro atoms. The molecule has 1 fully saturated rings. The third-order valence-corrected chi connectivity index (χ3v) is 6.00. The normalized spacial score (nSPS) is 22.2. The highest BCUT2D eigenvalue weighted by molar-refractivity contribution is 5.97. The maximum atomic E-state index is 15.4. The van der Waals surface area contributed by atoms with E-state index >= 15 is 4.39 Å². The molecule has 3 heterocycles. The number of halogens is 1. The molecular formula is C23H28FN3O6. The van der Waals surface area contributed by atoms with Crippen LogP contribution >= 0.6 is 0 Å². The molecule has 9 nitrogen and oxygen atoms in total. The number of nitrogens with zero attached hydrogens (tertiary/aromatic N) is 2. The Kier molecular flexibility index (Phi) is 5.50. The van der Waals surface area contributed by atoms with E-state index in [4.69, 9.17) is 9.47 Å². The van der Waals surface area contributed by atoms with Crippen LogP contribution in [0.25, 0.3) is 10.9 Å². The number of aromatic nitrogens is 1. The number of hydrogen-bond acceptors (Lipinski definition) is 6. The number of carbonyl (C=O) groups excluding carboxylic acids is 1. The highest BCUT2D eigenvalue weighted by Gasteiger charge is 2.37. The van der Waals surface area contributed by atoms with E-state index in [0.29, 0.717) is 18.6 Å². The second kappa shape index (κ2) is 7.93. The van der Waals surface area contributed by atoms with Gasteiger partial charge in [-0.1, -0.05) is 6.92 Å². The number of carboxylic acid groups (broad SMARTS) is 1. The Balaban J connectivity index is 1.75. The molecule has 178 valence electrons. The summed E-state index contributed by atoms with van der Waals surface area (Å²) < 4.78 is 28.3. The van der Waals surface area contributed by atoms with Crippen LogP contribution < -0.4 is 20.4 Å². The van der Waals surface area contributed by atoms with Gasteiger partial charge in [-0.2, -0.15) is 0 Å². The van der Waals surface area contributed by atoms with Gasteiger partial charge in [-0.15, -0.1) is 0 Å². The van der Waals surface area contributed by atoms with Gasteiger partial charge in [0.2, 0.25) is 5.43 Å². The van der Waals surface area contributed by atoms with Crippen molar-refractivity contribution in [2.24, 2.45) is 5.92 Å². The van der Waals surface area contributed by atoms with E-state index in [1.165, 1.54) is 6.20 Å². The van der Waals surface area contributed by atoms with Crippen LogP contribution in [0.1, 0.15) is 51.0 Å². The molecule has 1 unspecified atom stereocenters. The average Bonchev–Trinajstić information content (AvgIpc) is 3.03. The van der Waals surface area contributed by atoms with Crippen molar-refractivity contribution in [3.05, 3.63) is 33.9 Å². The fourth-order valence-electron chi connectivity index (χ4n) is 4.45. The topological polar surface area (TPSA) is 110 Å². The summed E-state index contributed by atoms with van der Waals surface area (Å²) in [5.74, 6) is -1.83. The zero-order valence-electron chi connectivity index (χ0n) is 19.3. The van der Waals surface area contributed by atoms with Gasteiger partial charge in [0, 0.05) is 19.3 Å². The lowest BCUT2D eigenvalue weighted by Crippen LogP contribution is -2.42. The van der Waals surface area contributed by atoms with E-state index in [-0.39, 0.29) is 41.4 Å². The maximum Gasteiger partial charge on any atom is 0.407 e. The number of aromatic carboxylic acids is 1. The smallest absolute Gasteiger partial charge is 0.407 e. The van der Waals surface area contributed by atoms with Crippen LogP contribution in [0.3, 0.4) is 0 Å². The molecule has 1 aromatic heterocycles. The summed E-state index contributed by atoms with van der Waals surface area (Å²) in [6.45, 7) is 10.1. The Morgan fingerprint density at radius 1 is 1.27 bits per heavy atom. The van der Waals surface area contributed by atoms with Crippen molar-refractivity contribution < 1.29 is 28.6 Å². The first-order valence-corrected chi connectivity index (χ1v) is 10.9. The van der Waals surface area contributed by atoms with Crippen LogP contribution in [0.4, 0.5) is 14.9 Å². The molecule has 0 radical (unpaired) electrons. The first-order valence-electron chi connectivity index (χ1n) is 10.9. The molecule has 1 saturated heterocycles. The number of ether oxygens (including phenoxy) is 2. The summed E-state index contributed by atoms with van der Waals surface area (Å²) in [4.78, 5) is 38.3. The van der Waals surface area contributed by atoms with Gasteiger partial charge in [0.25, 0.3) is 0 Å². The van der Waals surface area contributed by atoms with E-state index in [2.05, 4.69) is 5.32 Å². The molecule has 0 aliphatic carbocycles. The van der Waals surface area contributed by atoms with Crippen molar-refractivity contribution in [2.75, 3.05) is 24.6 Å². The first-order chi connectivity index (χ1) is 15.4. The number of carbonyl (C=O) groups is 2. The Morgan fingerprint density at radius 3 is 2.61 bits per heavy atom. The van der Waals surface area contributed by atoms with Crippen molar-refractivity contribution in [2.45, 2.75) is 52.3 Å². The zero-order valence-corrected chi connectivity index (χ0v) is 19.3. The lowest BCUT2D eigenvalue weighted by molar-refractivity contribution is 0.0499. The summed E-state index contributed by atoms with van der Waals surface area (Å²) in [5.41, 5.74) is -1.23. The molecular weight excluding hydrogens is 433 g/mol. The monoisotopic (exact) mass is 461 g/mol. The fraction of sp³-hybridized carbons (Fsp3) is 0.522. The Bertz CT molecular complexity index is 1200. The van der Waals surface area contributed by atoms with Crippen molar-refractivity contribution in [3.63, 3.8) is 0 Å². The van der Waals surface area contributed by atoms with E-state index < -0.39 is 34.5 Å². The Hall–Kier alpha value is -3.30. The number of carboxylic acids is 1. The van der Waals surface area contributed by atoms with Crippen LogP contribution in [0.5, 0.6) is 5.75 Å². The van der Waals surface area contributed by atoms with E-state index in [0.717, 1.165) is 6.07 Å². The summed E-state index contributed by atoms with van der Waals surface area (Å²) in [6, 6.07) is 0.567. The maximum absolute atomic E-state index is 15.4. The van der Waals surface area contributed by atoms with Crippen molar-refractivity contribution in [3.8, 4) is 5.75 Å². The minimum atomic E-state index is -1.36. The van der Waals surface area contributed by atoms with E-state index in [9.17, 15) is 19.5 Å². The number of amides is 1. The summed E-state index contributed by atoms with van der Waals surface area (Å²) in [5, 5.41) is 12.2. The van der Waals surface area contributed by atoms with Gasteiger partial charge in [-0.05, 0) is 39.7 Å². The van der Waals surface area contributed by atoms with Gasteiger partial charge in [0.15, 0.2) is 11.6 Å². The number of hydrogen-bond donors (Lipinski definition) is 2. The van der Waals surface area contributed by atoms with Crippen LogP contribution in [0, 0.1) is 11.7 Å². The molecule has 2 aromatic rings. The number of nitrogens with one attached hydrogen (secondary N) is 1. The molecule has 1 amide bonds. The molecule has 3 atom stereocenters. The summed E-state index contributed by atoms with van der Waals surface area (Å²) >= 11 is 0. The van der Waals surface area contributed by atoms with Gasteiger partial charge < -0.3 is 29.4 Å². The molecule has 2 aliphatic heterocycles. The fourth-order valence-corrected chi connectivity index (χ4v) is 4.45. The molecule has 0 saturated carbocycles. The number of pyridine rings is 1. The zero-order chi connectivity index (χ0) is 24.2. The molecule has 2 N–H and O–H groups in total. The molecule has 1 aromatic carbocycles. The number of anilines is 1. The van der Waals surface area contributed by atoms with Crippen LogP contribution in [-0.4, -0.2) is 53.1 Å². The largest absolute Gasteiger partial charge is 0.487 e. The molecule has 0 bridgehead atoms. The number of rotatable bonds is 3. The minimum Gasteiger partial charge on any atom is -0.487 e. The van der Waals surface area contributed by atoms with Gasteiger partial charge >= 0.3 is 12.1 Å². The first kappa shape index (κ1) is 22.9. The third kappa shape index (κ3) is 4.09. The summed E-state index contributed by atoms with van der Waals surface area (Å²) in [7, 11) is 0. The molecule has 10 heteroatoms. The number of benzene rings is 1. The van der Waals surface area contributed by atoms with Crippen molar-refractivity contribution in [1.29, 1.82) is 0 Å². The van der Waals surface area contributed by atoms with Crippen molar-refractivity contribution >= 4 is 28.7 Å². The third-order valence-electron chi connectivity index (χ3n) is 6.00. The van der Waals surface area contributed by atoms with Gasteiger partial charge in [-0.3, -0.25) is 4.79 Å². The van der Waals surface area contributed by atoms with E-state index in [1.807, 2.05) is 13.8 Å². The predicted octanol–water partition coefficient (Wildman–Crippen LogP) is 3.14. The van der Waals surface area contributed by atoms with Crippen LogP contribution in [0.15, 0.2) is 17.1 Å². The molecule has 33 heavy (non-hydrogen) atoms. The van der Waals surface area contributed by atoms with Crippen LogP contribution in [-0.2, 0) is 4.74 Å². The van der Waals surface area contributed by atoms with Crippen LogP contribution in [0.2, 0.25) is 0 Å². The van der Waals surface area contributed by atoms with Gasteiger partial charge in [0.05, 0.1) is 23.0 Å². The highest BCUT2D eigenvalue weighted by atomic mass is 19.1. The molecule has 2 aliphatic rings. The molecule has 4 rings (SSSR count). The summed E-state index contributed by atoms with van der Waals surface area (Å²) in [6.07, 6.45) is 0.756. The van der Waals surface area contributed by atoms with Gasteiger partial charge in [0.1, 0.15) is 23.5 Å². The standard InChI is InChI=1S/C23H28FN3O6/c1-11-7-26(9-16(11)25-22(31)33-23(3,4)5)18-15(24)6-13-17-20(18)32-10-12(2)27(17)8-14(19(13)28)21(29)30/h6,8,11-12,16H,7,9-10H2,1-5H3,(H,25,31)(H,29,30)/t11-,12?,16+/m0/s1. The lowest BCUT2D eigenvalue weighted by atomic mass is 10.1. The second-order valence-corrected chi connectivity index (χ2v) is 9.81. The SMILES string of the molecule is CC1COc2c(N3C[C@H](C)[C@H](NC(=O)OC(C)(C)C)C3)c(F)cc3c(=O)c(C(=O)O)cn1c23.